The second kappa shape index (κ2) is 3.16. The van der Waals surface area contributed by atoms with Crippen LogP contribution in [0.15, 0.2) is 33.5 Å². The third-order valence-corrected chi connectivity index (χ3v) is 2.08. The summed E-state index contributed by atoms with van der Waals surface area (Å²) in [7, 11) is 0. The van der Waals surface area contributed by atoms with Gasteiger partial charge in [0.05, 0.1) is 5.69 Å². The standard InChI is InChI=1S/C10H9NO3/c1-6-4-10(12)14-9-5-7(11-13)2-3-8(6)9/h2-5,11,13H,1H3. The minimum Gasteiger partial charge on any atom is -0.423 e. The third kappa shape index (κ3) is 1.36. The van der Waals surface area contributed by atoms with Crippen LogP contribution in [0.1, 0.15) is 5.56 Å². The Balaban J connectivity index is 2.82. The maximum absolute atomic E-state index is 11.1. The summed E-state index contributed by atoms with van der Waals surface area (Å²) in [6, 6.07) is 6.50. The largest absolute Gasteiger partial charge is 0.423 e. The average molecular weight is 191 g/mol. The lowest BCUT2D eigenvalue weighted by Crippen LogP contribution is -1.98. The van der Waals surface area contributed by atoms with E-state index in [1.54, 1.807) is 18.2 Å². The van der Waals surface area contributed by atoms with Gasteiger partial charge in [0, 0.05) is 17.5 Å². The summed E-state index contributed by atoms with van der Waals surface area (Å²) < 4.78 is 4.98. The van der Waals surface area contributed by atoms with E-state index in [9.17, 15) is 4.79 Å². The molecule has 2 rings (SSSR count). The van der Waals surface area contributed by atoms with E-state index in [0.29, 0.717) is 11.3 Å². The summed E-state index contributed by atoms with van der Waals surface area (Å²) >= 11 is 0. The van der Waals surface area contributed by atoms with E-state index >= 15 is 0 Å². The molecule has 0 radical (unpaired) electrons. The Labute approximate surface area is 79.7 Å². The molecule has 4 nitrogen and oxygen atoms in total. The lowest BCUT2D eigenvalue weighted by molar-refractivity contribution is 0.389. The summed E-state index contributed by atoms with van der Waals surface area (Å²) in [5.74, 6) is 0. The van der Waals surface area contributed by atoms with Crippen molar-refractivity contribution in [3.63, 3.8) is 0 Å². The molecule has 1 aromatic heterocycles. The van der Waals surface area contributed by atoms with Gasteiger partial charge in [0.1, 0.15) is 5.58 Å². The predicted molar refractivity (Wildman–Crippen MR) is 52.6 cm³/mol. The van der Waals surface area contributed by atoms with Crippen molar-refractivity contribution in [1.82, 2.24) is 0 Å². The number of fused-ring (bicyclic) bond motifs is 1. The highest BCUT2D eigenvalue weighted by Gasteiger charge is 2.02. The van der Waals surface area contributed by atoms with E-state index in [4.69, 9.17) is 9.62 Å². The normalized spacial score (nSPS) is 10.4. The molecule has 4 heteroatoms. The second-order valence-corrected chi connectivity index (χ2v) is 3.07. The Morgan fingerprint density at radius 2 is 2.14 bits per heavy atom. The van der Waals surface area contributed by atoms with Crippen LogP contribution in [0.2, 0.25) is 0 Å². The number of nitrogens with one attached hydrogen (secondary N) is 1. The molecule has 1 aromatic carbocycles. The molecule has 0 bridgehead atoms. The smallest absolute Gasteiger partial charge is 0.336 e. The number of aryl methyl sites for hydroxylation is 1. The monoisotopic (exact) mass is 191 g/mol. The van der Waals surface area contributed by atoms with Crippen molar-refractivity contribution in [2.24, 2.45) is 0 Å². The highest BCUT2D eigenvalue weighted by molar-refractivity contribution is 5.82. The molecule has 2 aromatic rings. The van der Waals surface area contributed by atoms with Crippen LogP contribution in [0.3, 0.4) is 0 Å². The van der Waals surface area contributed by atoms with Crippen molar-refractivity contribution >= 4 is 16.7 Å². The van der Waals surface area contributed by atoms with Crippen molar-refractivity contribution in [3.05, 3.63) is 40.2 Å². The topological polar surface area (TPSA) is 62.5 Å². The molecular formula is C10H9NO3. The molecule has 72 valence electrons. The molecule has 0 saturated carbocycles. The number of hydrogen-bond acceptors (Lipinski definition) is 4. The Bertz CT molecular complexity index is 530. The highest BCUT2D eigenvalue weighted by atomic mass is 16.5. The van der Waals surface area contributed by atoms with Gasteiger partial charge in [-0.3, -0.25) is 10.7 Å². The fraction of sp³-hybridized carbons (Fsp3) is 0.100. The van der Waals surface area contributed by atoms with Gasteiger partial charge in [-0.15, -0.1) is 0 Å². The zero-order valence-electron chi connectivity index (χ0n) is 7.57. The molecule has 0 spiro atoms. The van der Waals surface area contributed by atoms with Gasteiger partial charge in [0.2, 0.25) is 0 Å². The van der Waals surface area contributed by atoms with Crippen LogP contribution in [0, 0.1) is 6.92 Å². The lowest BCUT2D eigenvalue weighted by atomic mass is 10.1. The van der Waals surface area contributed by atoms with Crippen molar-refractivity contribution in [2.75, 3.05) is 5.48 Å². The number of anilines is 1. The first kappa shape index (κ1) is 8.77. The molecule has 0 aliphatic heterocycles. The Hall–Kier alpha value is -1.81. The van der Waals surface area contributed by atoms with Crippen molar-refractivity contribution < 1.29 is 9.62 Å². The second-order valence-electron chi connectivity index (χ2n) is 3.07. The van der Waals surface area contributed by atoms with Crippen LogP contribution in [0.4, 0.5) is 5.69 Å². The van der Waals surface area contributed by atoms with E-state index < -0.39 is 0 Å². The van der Waals surface area contributed by atoms with Gasteiger partial charge in [-0.1, -0.05) is 0 Å². The molecule has 1 heterocycles. The molecule has 0 atom stereocenters. The van der Waals surface area contributed by atoms with Gasteiger partial charge >= 0.3 is 5.63 Å². The third-order valence-electron chi connectivity index (χ3n) is 2.08. The zero-order valence-corrected chi connectivity index (χ0v) is 7.57. The van der Waals surface area contributed by atoms with Crippen LogP contribution < -0.4 is 11.1 Å². The van der Waals surface area contributed by atoms with Crippen LogP contribution in [0.5, 0.6) is 0 Å². The fourth-order valence-electron chi connectivity index (χ4n) is 1.39. The molecule has 0 aliphatic carbocycles. The summed E-state index contributed by atoms with van der Waals surface area (Å²) in [6.45, 7) is 1.84. The van der Waals surface area contributed by atoms with Crippen LogP contribution >= 0.6 is 0 Å². The molecule has 14 heavy (non-hydrogen) atoms. The van der Waals surface area contributed by atoms with Gasteiger partial charge in [-0.05, 0) is 24.6 Å². The van der Waals surface area contributed by atoms with Gasteiger partial charge in [-0.25, -0.2) is 4.79 Å². The highest BCUT2D eigenvalue weighted by Crippen LogP contribution is 2.19. The first-order chi connectivity index (χ1) is 6.70. The minimum atomic E-state index is -0.384. The van der Waals surface area contributed by atoms with Crippen molar-refractivity contribution in [1.29, 1.82) is 0 Å². The van der Waals surface area contributed by atoms with Gasteiger partial charge in [-0.2, -0.15) is 0 Å². The predicted octanol–water partition coefficient (Wildman–Crippen LogP) is 1.90. The van der Waals surface area contributed by atoms with Gasteiger partial charge in [0.15, 0.2) is 0 Å². The molecular weight excluding hydrogens is 182 g/mol. The molecule has 2 N–H and O–H groups in total. The van der Waals surface area contributed by atoms with Crippen LogP contribution in [-0.4, -0.2) is 5.21 Å². The van der Waals surface area contributed by atoms with Crippen molar-refractivity contribution in [3.8, 4) is 0 Å². The Morgan fingerprint density at radius 3 is 2.86 bits per heavy atom. The summed E-state index contributed by atoms with van der Waals surface area (Å²) in [5, 5.41) is 9.53. The number of hydrogen-bond donors (Lipinski definition) is 2. The first-order valence-corrected chi connectivity index (χ1v) is 4.15. The van der Waals surface area contributed by atoms with Gasteiger partial charge in [0.25, 0.3) is 0 Å². The fourth-order valence-corrected chi connectivity index (χ4v) is 1.39. The Kier molecular flexibility index (Phi) is 1.98. The summed E-state index contributed by atoms with van der Waals surface area (Å²) in [4.78, 5) is 11.1. The molecule has 0 fully saturated rings. The minimum absolute atomic E-state index is 0.384. The average Bonchev–Trinajstić information content (AvgIpc) is 2.16. The summed E-state index contributed by atoms with van der Waals surface area (Å²) in [5.41, 5.74) is 3.43. The van der Waals surface area contributed by atoms with E-state index in [2.05, 4.69) is 0 Å². The number of benzene rings is 1. The lowest BCUT2D eigenvalue weighted by Gasteiger charge is -2.02. The van der Waals surface area contributed by atoms with Gasteiger partial charge < -0.3 is 4.42 Å². The van der Waals surface area contributed by atoms with E-state index in [1.807, 2.05) is 12.4 Å². The SMILES string of the molecule is Cc1cc(=O)oc2cc(NO)ccc12. The molecule has 0 saturated heterocycles. The van der Waals surface area contributed by atoms with Crippen molar-refractivity contribution in [2.45, 2.75) is 6.92 Å². The molecule has 0 aliphatic rings. The van der Waals surface area contributed by atoms with E-state index in [1.165, 1.54) is 6.07 Å². The maximum Gasteiger partial charge on any atom is 0.336 e. The summed E-state index contributed by atoms with van der Waals surface area (Å²) in [6.07, 6.45) is 0. The van der Waals surface area contributed by atoms with E-state index in [-0.39, 0.29) is 5.63 Å². The quantitative estimate of drug-likeness (QED) is 0.533. The number of rotatable bonds is 1. The zero-order chi connectivity index (χ0) is 10.1. The van der Waals surface area contributed by atoms with Crippen LogP contribution in [-0.2, 0) is 0 Å². The molecule has 0 amide bonds. The maximum atomic E-state index is 11.1. The molecule has 0 unspecified atom stereocenters. The van der Waals surface area contributed by atoms with Crippen LogP contribution in [0.25, 0.3) is 11.0 Å². The first-order valence-electron chi connectivity index (χ1n) is 4.15. The Morgan fingerprint density at radius 1 is 1.36 bits per heavy atom. The van der Waals surface area contributed by atoms with E-state index in [0.717, 1.165) is 10.9 Å².